The Bertz CT molecular complexity index is 1430. The number of hydrogen-bond donors (Lipinski definition) is 7. The van der Waals surface area contributed by atoms with E-state index < -0.39 is 71.2 Å². The molecule has 0 saturated carbocycles. The first kappa shape index (κ1) is 35.5. The van der Waals surface area contributed by atoms with E-state index >= 15 is 0 Å². The van der Waals surface area contributed by atoms with Crippen LogP contribution in [-0.4, -0.2) is 80.2 Å². The third-order valence-electron chi connectivity index (χ3n) is 7.51. The van der Waals surface area contributed by atoms with Crippen LogP contribution in [0.2, 0.25) is 0 Å². The van der Waals surface area contributed by atoms with E-state index in [0.29, 0.717) is 12.8 Å². The Morgan fingerprint density at radius 3 is 2.47 bits per heavy atom. The van der Waals surface area contributed by atoms with Crippen molar-refractivity contribution in [2.75, 3.05) is 5.73 Å². The second-order valence-electron chi connectivity index (χ2n) is 13.3. The summed E-state index contributed by atoms with van der Waals surface area (Å²) in [5.74, 6) is -0.660. The van der Waals surface area contributed by atoms with E-state index in [0.717, 1.165) is 6.33 Å². The number of nitrogen functional groups attached to an aromatic ring is 1. The third-order valence-corrected chi connectivity index (χ3v) is 9.78. The Hall–Kier alpha value is -2.01. The van der Waals surface area contributed by atoms with E-state index in [9.17, 15) is 29.8 Å². The second kappa shape index (κ2) is 12.1. The number of ether oxygens (including phenoxy) is 1. The molecule has 2 aromatic heterocycles. The van der Waals surface area contributed by atoms with Gasteiger partial charge in [-0.05, 0) is 52.3 Å². The summed E-state index contributed by atoms with van der Waals surface area (Å²) in [6.07, 6.45) is -4.66. The summed E-state index contributed by atoms with van der Waals surface area (Å²) in [5.41, 5.74) is -0.669. The predicted molar refractivity (Wildman–Crippen MR) is 163 cm³/mol. The standard InChI is InChI=1S/C26H45N6O9PS/c1-10-11-13(2)26(21(36)43,23(3,4)5)41-42(38,31-24(6,7)8)40-19(35)15-16(33)25(9,37)20(39-15)32-12-28-14-17(32)29-22(27)30-18(14)34/h12-13,15-16,19-20,33,35,37H,10-11H2,1-9H3,(H,31,38)(H,36,43)(H3,27,29,30,34)/t13?,15-,16+,19?,20+,25+,26?,42?/m0/s1. The zero-order valence-corrected chi connectivity index (χ0v) is 27.7. The van der Waals surface area contributed by atoms with Crippen LogP contribution in [0.15, 0.2) is 11.1 Å². The van der Waals surface area contributed by atoms with Crippen molar-refractivity contribution in [2.45, 2.75) is 117 Å². The summed E-state index contributed by atoms with van der Waals surface area (Å²) in [7, 11) is -4.61. The number of anilines is 1. The Morgan fingerprint density at radius 1 is 1.35 bits per heavy atom. The molecule has 17 heteroatoms. The van der Waals surface area contributed by atoms with Crippen molar-refractivity contribution in [1.29, 1.82) is 0 Å². The molecule has 244 valence electrons. The van der Waals surface area contributed by atoms with Gasteiger partial charge in [0.05, 0.1) is 6.33 Å². The van der Waals surface area contributed by atoms with Crippen LogP contribution in [0.4, 0.5) is 5.95 Å². The highest BCUT2D eigenvalue weighted by Crippen LogP contribution is 2.58. The SMILES string of the molecule is CCCC(C)C(OP(=O)(NC(C)(C)C)OC(O)[C@H]1O[C@@H](n2cnc3c(=O)[nH]c(N)nc32)[C@](C)(O)[C@@H]1O)(C(O)=S)C(C)(C)C. The topological polar surface area (TPSA) is 227 Å². The van der Waals surface area contributed by atoms with Gasteiger partial charge in [0.25, 0.3) is 5.56 Å². The lowest BCUT2D eigenvalue weighted by Gasteiger charge is -2.48. The molecular weight excluding hydrogens is 603 g/mol. The highest BCUT2D eigenvalue weighted by Gasteiger charge is 2.59. The number of hydrogen-bond acceptors (Lipinski definition) is 12. The van der Waals surface area contributed by atoms with Crippen molar-refractivity contribution in [3.63, 3.8) is 0 Å². The van der Waals surface area contributed by atoms with Gasteiger partial charge in [-0.2, -0.15) is 4.98 Å². The molecular formula is C26H45N6O9PS. The van der Waals surface area contributed by atoms with Gasteiger partial charge in [-0.3, -0.25) is 23.4 Å². The molecule has 0 bridgehead atoms. The minimum Gasteiger partial charge on any atom is -0.500 e. The minimum atomic E-state index is -4.61. The van der Waals surface area contributed by atoms with Crippen LogP contribution in [0, 0.1) is 11.3 Å². The number of rotatable bonds is 11. The minimum absolute atomic E-state index is 0.0467. The fourth-order valence-corrected chi connectivity index (χ4v) is 8.47. The molecule has 1 saturated heterocycles. The summed E-state index contributed by atoms with van der Waals surface area (Å²) in [5, 5.41) is 46.8. The van der Waals surface area contributed by atoms with E-state index in [-0.39, 0.29) is 17.1 Å². The van der Waals surface area contributed by atoms with E-state index in [4.69, 9.17) is 31.7 Å². The number of aromatic nitrogens is 4. The number of H-pyrrole nitrogens is 1. The average Bonchev–Trinajstić information content (AvgIpc) is 3.33. The lowest BCUT2D eigenvalue weighted by Crippen LogP contribution is -2.57. The molecule has 1 aliphatic heterocycles. The first-order valence-electron chi connectivity index (χ1n) is 14.0. The highest BCUT2D eigenvalue weighted by atomic mass is 32.1. The number of imidazole rings is 1. The number of fused-ring (bicyclic) bond motifs is 1. The number of nitrogens with zero attached hydrogens (tertiary/aromatic N) is 3. The smallest absolute Gasteiger partial charge is 0.409 e. The molecule has 8 N–H and O–H groups in total. The van der Waals surface area contributed by atoms with Crippen LogP contribution in [0.3, 0.4) is 0 Å². The number of thiocarbonyl (C=S) groups is 1. The first-order valence-corrected chi connectivity index (χ1v) is 15.9. The molecule has 15 nitrogen and oxygen atoms in total. The molecule has 0 aromatic carbocycles. The number of aliphatic hydroxyl groups is 4. The monoisotopic (exact) mass is 648 g/mol. The van der Waals surface area contributed by atoms with Crippen molar-refractivity contribution in [3.8, 4) is 0 Å². The van der Waals surface area contributed by atoms with Crippen molar-refractivity contribution >= 4 is 42.1 Å². The summed E-state index contributed by atoms with van der Waals surface area (Å²) in [4.78, 5) is 22.6. The molecule has 0 spiro atoms. The quantitative estimate of drug-likeness (QED) is 0.106. The van der Waals surface area contributed by atoms with Crippen LogP contribution in [0.1, 0.15) is 81.4 Å². The first-order chi connectivity index (χ1) is 19.5. The van der Waals surface area contributed by atoms with Crippen molar-refractivity contribution in [2.24, 2.45) is 11.3 Å². The molecule has 0 radical (unpaired) electrons. The van der Waals surface area contributed by atoms with Crippen LogP contribution in [-0.2, 0) is 18.3 Å². The number of nitrogens with one attached hydrogen (secondary N) is 2. The molecule has 3 heterocycles. The van der Waals surface area contributed by atoms with E-state index in [2.05, 4.69) is 20.0 Å². The van der Waals surface area contributed by atoms with Gasteiger partial charge in [-0.25, -0.2) is 14.6 Å². The molecule has 1 aliphatic rings. The van der Waals surface area contributed by atoms with E-state index in [1.165, 1.54) is 11.5 Å². The third kappa shape index (κ3) is 6.82. The Morgan fingerprint density at radius 2 is 1.95 bits per heavy atom. The summed E-state index contributed by atoms with van der Waals surface area (Å²) in [6, 6.07) is 0. The lowest BCUT2D eigenvalue weighted by atomic mass is 9.68. The Balaban J connectivity index is 2.04. The van der Waals surface area contributed by atoms with Crippen molar-refractivity contribution < 1.29 is 38.8 Å². The largest absolute Gasteiger partial charge is 0.500 e. The van der Waals surface area contributed by atoms with Crippen LogP contribution in [0.5, 0.6) is 0 Å². The predicted octanol–water partition coefficient (Wildman–Crippen LogP) is 2.67. The highest BCUT2D eigenvalue weighted by molar-refractivity contribution is 7.80. The molecule has 8 atom stereocenters. The molecule has 0 amide bonds. The van der Waals surface area contributed by atoms with Crippen molar-refractivity contribution in [3.05, 3.63) is 16.7 Å². The summed E-state index contributed by atoms with van der Waals surface area (Å²) >= 11 is 5.28. The average molecular weight is 649 g/mol. The Labute approximate surface area is 255 Å². The lowest BCUT2D eigenvalue weighted by molar-refractivity contribution is -0.164. The van der Waals surface area contributed by atoms with Gasteiger partial charge in [0.15, 0.2) is 34.3 Å². The maximum Gasteiger partial charge on any atom is 0.409 e. The van der Waals surface area contributed by atoms with Crippen LogP contribution < -0.4 is 16.4 Å². The van der Waals surface area contributed by atoms with Gasteiger partial charge in [0.1, 0.15) is 17.8 Å². The number of nitrogens with two attached hydrogens (primary N) is 1. The molecule has 0 aliphatic carbocycles. The van der Waals surface area contributed by atoms with Crippen LogP contribution >= 0.6 is 20.0 Å². The molecule has 4 unspecified atom stereocenters. The second-order valence-corrected chi connectivity index (χ2v) is 15.3. The molecule has 1 fully saturated rings. The van der Waals surface area contributed by atoms with Gasteiger partial charge in [-0.1, -0.05) is 41.0 Å². The van der Waals surface area contributed by atoms with Gasteiger partial charge >= 0.3 is 7.75 Å². The molecule has 3 rings (SSSR count). The summed E-state index contributed by atoms with van der Waals surface area (Å²) in [6.45, 7) is 15.4. The van der Waals surface area contributed by atoms with Crippen molar-refractivity contribution in [1.82, 2.24) is 24.6 Å². The zero-order valence-electron chi connectivity index (χ0n) is 26.0. The fourth-order valence-electron chi connectivity index (χ4n) is 5.57. The van der Waals surface area contributed by atoms with E-state index in [1.54, 1.807) is 41.5 Å². The summed E-state index contributed by atoms with van der Waals surface area (Å²) < 4.78 is 33.5. The van der Waals surface area contributed by atoms with Crippen LogP contribution in [0.25, 0.3) is 11.2 Å². The number of aliphatic hydroxyl groups excluding tert-OH is 3. The van der Waals surface area contributed by atoms with Gasteiger partial charge in [0, 0.05) is 11.0 Å². The molecule has 43 heavy (non-hydrogen) atoms. The zero-order chi connectivity index (χ0) is 32.9. The normalized spacial score (nSPS) is 27.5. The van der Waals surface area contributed by atoms with Gasteiger partial charge in [-0.15, -0.1) is 0 Å². The van der Waals surface area contributed by atoms with Gasteiger partial charge in [0.2, 0.25) is 5.95 Å². The maximum absolute atomic E-state index is 14.5. The van der Waals surface area contributed by atoms with E-state index in [1.807, 2.05) is 13.8 Å². The number of aromatic amines is 1. The molecule has 2 aromatic rings. The Kier molecular flexibility index (Phi) is 9.95. The fraction of sp³-hybridized carbons (Fsp3) is 0.769. The maximum atomic E-state index is 14.5. The van der Waals surface area contributed by atoms with Gasteiger partial charge < -0.3 is 30.9 Å².